The minimum Gasteiger partial charge on any atom is -0.385 e. The maximum atomic E-state index is 5.23. The number of ether oxygens (including phenoxy) is 1. The van der Waals surface area contributed by atoms with Gasteiger partial charge >= 0.3 is 0 Å². The minimum atomic E-state index is 0.572. The van der Waals surface area contributed by atoms with Gasteiger partial charge in [-0.1, -0.05) is 27.7 Å². The molecule has 1 aliphatic rings. The average Bonchev–Trinajstić information content (AvgIpc) is 3.02. The maximum Gasteiger partial charge on any atom is 0.0468 e. The third-order valence-corrected chi connectivity index (χ3v) is 4.07. The Bertz CT molecular complexity index is 211. The van der Waals surface area contributed by atoms with E-state index in [1.54, 1.807) is 0 Å². The molecule has 2 nitrogen and oxygen atoms in total. The molecule has 0 aromatic heterocycles. The van der Waals surface area contributed by atoms with Gasteiger partial charge in [0.1, 0.15) is 0 Å². The first-order valence-corrected chi connectivity index (χ1v) is 7.70. The van der Waals surface area contributed by atoms with Gasteiger partial charge in [-0.3, -0.25) is 0 Å². The van der Waals surface area contributed by atoms with Gasteiger partial charge in [-0.15, -0.1) is 0 Å². The summed E-state index contributed by atoms with van der Waals surface area (Å²) < 4.78 is 5.23. The van der Waals surface area contributed by atoms with Gasteiger partial charge in [-0.25, -0.2) is 0 Å². The molecule has 1 saturated carbocycles. The molecule has 0 heterocycles. The van der Waals surface area contributed by atoms with Crippen molar-refractivity contribution in [2.45, 2.75) is 65.8 Å². The number of hydrogen-bond acceptors (Lipinski definition) is 2. The van der Waals surface area contributed by atoms with Crippen molar-refractivity contribution in [3.8, 4) is 0 Å². The third-order valence-electron chi connectivity index (χ3n) is 4.07. The quantitative estimate of drug-likeness (QED) is 0.640. The molecule has 1 aliphatic carbocycles. The van der Waals surface area contributed by atoms with Crippen LogP contribution in [0.15, 0.2) is 0 Å². The Morgan fingerprint density at radius 3 is 2.00 bits per heavy atom. The van der Waals surface area contributed by atoms with E-state index in [0.717, 1.165) is 18.4 Å². The van der Waals surface area contributed by atoms with E-state index in [2.05, 4.69) is 33.0 Å². The van der Waals surface area contributed by atoms with Gasteiger partial charge in [0.2, 0.25) is 0 Å². The zero-order valence-electron chi connectivity index (χ0n) is 13.1. The van der Waals surface area contributed by atoms with E-state index >= 15 is 0 Å². The van der Waals surface area contributed by atoms with Crippen molar-refractivity contribution in [1.29, 1.82) is 0 Å². The van der Waals surface area contributed by atoms with Crippen LogP contribution in [0.3, 0.4) is 0 Å². The smallest absolute Gasteiger partial charge is 0.0468 e. The normalized spacial score (nSPS) is 18.0. The maximum absolute atomic E-state index is 5.23. The monoisotopic (exact) mass is 255 g/mol. The highest BCUT2D eigenvalue weighted by molar-refractivity contribution is 4.95. The molecule has 0 atom stereocenters. The number of nitrogens with one attached hydrogen (secondary N) is 1. The van der Waals surface area contributed by atoms with Gasteiger partial charge in [0, 0.05) is 26.3 Å². The SMILES string of the molecule is COCCC1(CNC(CC(C)C)CC(C)C)CC1. The molecule has 108 valence electrons. The molecular weight excluding hydrogens is 222 g/mol. The molecule has 0 aliphatic heterocycles. The summed E-state index contributed by atoms with van der Waals surface area (Å²) in [6, 6.07) is 0.699. The van der Waals surface area contributed by atoms with Gasteiger partial charge in [-0.05, 0) is 49.4 Å². The van der Waals surface area contributed by atoms with Crippen LogP contribution in [0.4, 0.5) is 0 Å². The minimum absolute atomic E-state index is 0.572. The van der Waals surface area contributed by atoms with Gasteiger partial charge < -0.3 is 10.1 Å². The van der Waals surface area contributed by atoms with Crippen LogP contribution in [0, 0.1) is 17.3 Å². The van der Waals surface area contributed by atoms with Gasteiger partial charge in [0.05, 0.1) is 0 Å². The first kappa shape index (κ1) is 16.0. The summed E-state index contributed by atoms with van der Waals surface area (Å²) in [6.45, 7) is 11.4. The Morgan fingerprint density at radius 1 is 1.06 bits per heavy atom. The summed E-state index contributed by atoms with van der Waals surface area (Å²) in [6.07, 6.45) is 6.61. The van der Waals surface area contributed by atoms with Crippen molar-refractivity contribution in [3.63, 3.8) is 0 Å². The van der Waals surface area contributed by atoms with Crippen molar-refractivity contribution in [2.75, 3.05) is 20.3 Å². The van der Waals surface area contributed by atoms with Crippen LogP contribution in [-0.2, 0) is 4.74 Å². The molecule has 0 amide bonds. The van der Waals surface area contributed by atoms with Crippen molar-refractivity contribution < 1.29 is 4.74 Å². The van der Waals surface area contributed by atoms with E-state index in [4.69, 9.17) is 4.74 Å². The number of rotatable bonds is 10. The van der Waals surface area contributed by atoms with Crippen LogP contribution in [0.25, 0.3) is 0 Å². The molecule has 0 bridgehead atoms. The van der Waals surface area contributed by atoms with E-state index in [0.29, 0.717) is 11.5 Å². The van der Waals surface area contributed by atoms with Crippen LogP contribution in [-0.4, -0.2) is 26.3 Å². The fourth-order valence-electron chi connectivity index (χ4n) is 2.77. The Kier molecular flexibility index (Phi) is 6.65. The largest absolute Gasteiger partial charge is 0.385 e. The molecule has 1 rings (SSSR count). The first-order valence-electron chi connectivity index (χ1n) is 7.70. The van der Waals surface area contributed by atoms with Gasteiger partial charge in [0.25, 0.3) is 0 Å². The second kappa shape index (κ2) is 7.49. The number of hydrogen-bond donors (Lipinski definition) is 1. The molecule has 0 saturated heterocycles. The molecule has 0 aromatic carbocycles. The van der Waals surface area contributed by atoms with Crippen molar-refractivity contribution in [2.24, 2.45) is 17.3 Å². The standard InChI is InChI=1S/C16H33NO/c1-13(2)10-15(11-14(3)4)17-12-16(6-7-16)8-9-18-5/h13-15,17H,6-12H2,1-5H3. The summed E-state index contributed by atoms with van der Waals surface area (Å²) in [7, 11) is 1.81. The number of methoxy groups -OCH3 is 1. The van der Waals surface area contributed by atoms with Crippen LogP contribution in [0.5, 0.6) is 0 Å². The molecule has 0 unspecified atom stereocenters. The molecule has 1 fully saturated rings. The highest BCUT2D eigenvalue weighted by Crippen LogP contribution is 2.48. The predicted molar refractivity (Wildman–Crippen MR) is 78.9 cm³/mol. The molecule has 0 spiro atoms. The topological polar surface area (TPSA) is 21.3 Å². The van der Waals surface area contributed by atoms with Crippen LogP contribution < -0.4 is 5.32 Å². The summed E-state index contributed by atoms with van der Waals surface area (Å²) in [5.74, 6) is 1.57. The Hall–Kier alpha value is -0.0800. The second-order valence-electron chi connectivity index (χ2n) is 7.08. The lowest BCUT2D eigenvalue weighted by atomic mass is 9.94. The zero-order valence-corrected chi connectivity index (χ0v) is 13.1. The van der Waals surface area contributed by atoms with E-state index in [9.17, 15) is 0 Å². The van der Waals surface area contributed by atoms with Gasteiger partial charge in [0.15, 0.2) is 0 Å². The second-order valence-corrected chi connectivity index (χ2v) is 7.08. The van der Waals surface area contributed by atoms with E-state index in [1.807, 2.05) is 7.11 Å². The summed E-state index contributed by atoms with van der Waals surface area (Å²) in [4.78, 5) is 0. The summed E-state index contributed by atoms with van der Waals surface area (Å²) in [5.41, 5.74) is 0.572. The fraction of sp³-hybridized carbons (Fsp3) is 1.00. The van der Waals surface area contributed by atoms with Crippen molar-refractivity contribution >= 4 is 0 Å². The van der Waals surface area contributed by atoms with Crippen molar-refractivity contribution in [1.82, 2.24) is 5.32 Å². The highest BCUT2D eigenvalue weighted by atomic mass is 16.5. The molecule has 2 heteroatoms. The van der Waals surface area contributed by atoms with Crippen molar-refractivity contribution in [3.05, 3.63) is 0 Å². The Labute approximate surface area is 114 Å². The first-order chi connectivity index (χ1) is 8.47. The van der Waals surface area contributed by atoms with E-state index in [-0.39, 0.29) is 0 Å². The lowest BCUT2D eigenvalue weighted by Crippen LogP contribution is -2.36. The van der Waals surface area contributed by atoms with Crippen LogP contribution in [0.2, 0.25) is 0 Å². The molecular formula is C16H33NO. The molecule has 0 radical (unpaired) electrons. The molecule has 18 heavy (non-hydrogen) atoms. The van der Waals surface area contributed by atoms with E-state index < -0.39 is 0 Å². The zero-order chi connectivity index (χ0) is 13.6. The lowest BCUT2D eigenvalue weighted by Gasteiger charge is -2.25. The Balaban J connectivity index is 2.31. The fourth-order valence-corrected chi connectivity index (χ4v) is 2.77. The average molecular weight is 255 g/mol. The van der Waals surface area contributed by atoms with Crippen LogP contribution >= 0.6 is 0 Å². The molecule has 1 N–H and O–H groups in total. The lowest BCUT2D eigenvalue weighted by molar-refractivity contribution is 0.169. The third kappa shape index (κ3) is 6.19. The van der Waals surface area contributed by atoms with Crippen LogP contribution in [0.1, 0.15) is 59.8 Å². The summed E-state index contributed by atoms with van der Waals surface area (Å²) in [5, 5.41) is 3.84. The molecule has 0 aromatic rings. The van der Waals surface area contributed by atoms with Gasteiger partial charge in [-0.2, -0.15) is 0 Å². The summed E-state index contributed by atoms with van der Waals surface area (Å²) >= 11 is 0. The Morgan fingerprint density at radius 2 is 1.61 bits per heavy atom. The predicted octanol–water partition coefficient (Wildman–Crippen LogP) is 3.85. The highest BCUT2D eigenvalue weighted by Gasteiger charge is 2.41. The van der Waals surface area contributed by atoms with E-state index in [1.165, 1.54) is 38.6 Å².